The van der Waals surface area contributed by atoms with E-state index in [0.29, 0.717) is 5.56 Å². The molecular weight excluding hydrogens is 191 g/mol. The Balaban J connectivity index is 3.13. The van der Waals surface area contributed by atoms with E-state index in [1.807, 2.05) is 0 Å². The molecule has 1 aromatic rings. The minimum atomic E-state index is -0.466. The van der Waals surface area contributed by atoms with Crippen molar-refractivity contribution >= 4 is 11.6 Å². The van der Waals surface area contributed by atoms with Crippen LogP contribution in [0.4, 0.5) is 4.39 Å². The van der Waals surface area contributed by atoms with Gasteiger partial charge in [-0.3, -0.25) is 5.84 Å². The van der Waals surface area contributed by atoms with Gasteiger partial charge in [-0.2, -0.15) is 0 Å². The smallest absolute Gasteiger partial charge is 0.146 e. The van der Waals surface area contributed by atoms with Crippen LogP contribution in [0.5, 0.6) is 0 Å². The molecule has 0 heterocycles. The van der Waals surface area contributed by atoms with Crippen LogP contribution in [0.15, 0.2) is 30.9 Å². The molecule has 1 rings (SSSR count). The molecule has 0 fully saturated rings. The van der Waals surface area contributed by atoms with Crippen molar-refractivity contribution in [1.82, 2.24) is 5.43 Å². The lowest BCUT2D eigenvalue weighted by atomic mass is 10.1. The van der Waals surface area contributed by atoms with Gasteiger partial charge in [-0.15, -0.1) is 6.58 Å². The topological polar surface area (TPSA) is 38.0 Å². The Hall–Kier alpha value is -0.900. The van der Waals surface area contributed by atoms with Crippen LogP contribution >= 0.6 is 11.6 Å². The highest BCUT2D eigenvalue weighted by Gasteiger charge is 2.12. The molecule has 0 amide bonds. The Labute approximate surface area is 81.2 Å². The van der Waals surface area contributed by atoms with E-state index in [4.69, 9.17) is 17.4 Å². The molecule has 2 nitrogen and oxygen atoms in total. The largest absolute Gasteiger partial charge is 0.271 e. The molecule has 1 aromatic carbocycles. The van der Waals surface area contributed by atoms with Crippen molar-refractivity contribution in [2.75, 3.05) is 0 Å². The van der Waals surface area contributed by atoms with Gasteiger partial charge in [0, 0.05) is 5.56 Å². The maximum atomic E-state index is 13.4. The molecule has 4 heteroatoms. The summed E-state index contributed by atoms with van der Waals surface area (Å²) in [5.41, 5.74) is 2.81. The SMILES string of the molecule is C=CC(NN)c1cccc(Cl)c1F. The van der Waals surface area contributed by atoms with Gasteiger partial charge in [0.25, 0.3) is 0 Å². The van der Waals surface area contributed by atoms with Gasteiger partial charge in [-0.1, -0.05) is 29.8 Å². The quantitative estimate of drug-likeness (QED) is 0.446. The standard InChI is InChI=1S/C9H10ClFN2/c1-2-8(13-12)6-4-3-5-7(10)9(6)11/h2-5,8,13H,1,12H2. The van der Waals surface area contributed by atoms with Gasteiger partial charge in [-0.25, -0.2) is 9.82 Å². The minimum absolute atomic E-state index is 0.0830. The monoisotopic (exact) mass is 200 g/mol. The second-order valence-electron chi connectivity index (χ2n) is 2.52. The highest BCUT2D eigenvalue weighted by molar-refractivity contribution is 6.30. The second kappa shape index (κ2) is 4.37. The van der Waals surface area contributed by atoms with E-state index >= 15 is 0 Å². The van der Waals surface area contributed by atoms with E-state index in [9.17, 15) is 4.39 Å². The van der Waals surface area contributed by atoms with Gasteiger partial charge in [0.15, 0.2) is 0 Å². The third-order valence-corrected chi connectivity index (χ3v) is 2.02. The van der Waals surface area contributed by atoms with Crippen molar-refractivity contribution in [3.8, 4) is 0 Å². The van der Waals surface area contributed by atoms with Crippen molar-refractivity contribution in [1.29, 1.82) is 0 Å². The fraction of sp³-hybridized carbons (Fsp3) is 0.111. The average molecular weight is 201 g/mol. The van der Waals surface area contributed by atoms with Crippen LogP contribution in [0.25, 0.3) is 0 Å². The first-order valence-corrected chi connectivity index (χ1v) is 4.11. The van der Waals surface area contributed by atoms with Gasteiger partial charge < -0.3 is 0 Å². The molecule has 13 heavy (non-hydrogen) atoms. The number of hydrogen-bond donors (Lipinski definition) is 2. The van der Waals surface area contributed by atoms with Crippen LogP contribution in [0, 0.1) is 5.82 Å². The maximum absolute atomic E-state index is 13.4. The Bertz CT molecular complexity index is 314. The third kappa shape index (κ3) is 2.06. The summed E-state index contributed by atoms with van der Waals surface area (Å²) in [6, 6.07) is 4.33. The molecular formula is C9H10ClFN2. The molecule has 0 saturated carbocycles. The summed E-state index contributed by atoms with van der Waals surface area (Å²) in [6.45, 7) is 3.53. The first-order chi connectivity index (χ1) is 6.20. The van der Waals surface area contributed by atoms with Crippen molar-refractivity contribution in [3.05, 3.63) is 47.3 Å². The molecule has 0 bridgehead atoms. The molecule has 3 N–H and O–H groups in total. The molecule has 0 radical (unpaired) electrons. The fourth-order valence-corrected chi connectivity index (χ4v) is 1.23. The first-order valence-electron chi connectivity index (χ1n) is 3.73. The summed E-state index contributed by atoms with van der Waals surface area (Å²) in [6.07, 6.45) is 1.51. The van der Waals surface area contributed by atoms with Gasteiger partial charge in [-0.05, 0) is 6.07 Å². The van der Waals surface area contributed by atoms with E-state index in [-0.39, 0.29) is 5.02 Å². The molecule has 0 aliphatic heterocycles. The van der Waals surface area contributed by atoms with Crippen molar-refractivity contribution < 1.29 is 4.39 Å². The average Bonchev–Trinajstić information content (AvgIpc) is 2.14. The Kier molecular flexibility index (Phi) is 3.42. The summed E-state index contributed by atoms with van der Waals surface area (Å²) in [7, 11) is 0. The van der Waals surface area contributed by atoms with Gasteiger partial charge in [0.1, 0.15) is 5.82 Å². The molecule has 0 aromatic heterocycles. The summed E-state index contributed by atoms with van der Waals surface area (Å²) in [5.74, 6) is 4.74. The zero-order valence-electron chi connectivity index (χ0n) is 6.93. The number of nitrogens with two attached hydrogens (primary N) is 1. The number of hydrazine groups is 1. The summed E-state index contributed by atoms with van der Waals surface area (Å²) in [5, 5.41) is 0.0830. The van der Waals surface area contributed by atoms with Crippen LogP contribution in [0.3, 0.4) is 0 Å². The van der Waals surface area contributed by atoms with Crippen molar-refractivity contribution in [3.63, 3.8) is 0 Å². The lowest BCUT2D eigenvalue weighted by Crippen LogP contribution is -2.27. The molecule has 1 atom stereocenters. The minimum Gasteiger partial charge on any atom is -0.271 e. The highest BCUT2D eigenvalue weighted by atomic mass is 35.5. The van der Waals surface area contributed by atoms with Crippen LogP contribution in [0.1, 0.15) is 11.6 Å². The number of halogens is 2. The zero-order valence-corrected chi connectivity index (χ0v) is 7.68. The van der Waals surface area contributed by atoms with E-state index in [0.717, 1.165) is 0 Å². The van der Waals surface area contributed by atoms with Gasteiger partial charge in [0.2, 0.25) is 0 Å². The zero-order chi connectivity index (χ0) is 9.84. The van der Waals surface area contributed by atoms with Crippen LogP contribution in [-0.2, 0) is 0 Å². The number of benzene rings is 1. The Morgan fingerprint density at radius 1 is 1.62 bits per heavy atom. The van der Waals surface area contributed by atoms with Crippen LogP contribution in [-0.4, -0.2) is 0 Å². The van der Waals surface area contributed by atoms with E-state index < -0.39 is 11.9 Å². The van der Waals surface area contributed by atoms with Gasteiger partial charge >= 0.3 is 0 Å². The third-order valence-electron chi connectivity index (χ3n) is 1.73. The summed E-state index contributed by atoms with van der Waals surface area (Å²) in [4.78, 5) is 0. The summed E-state index contributed by atoms with van der Waals surface area (Å²) >= 11 is 5.59. The maximum Gasteiger partial charge on any atom is 0.146 e. The van der Waals surface area contributed by atoms with E-state index in [1.54, 1.807) is 12.1 Å². The van der Waals surface area contributed by atoms with Gasteiger partial charge in [0.05, 0.1) is 11.1 Å². The highest BCUT2D eigenvalue weighted by Crippen LogP contribution is 2.23. The fourth-order valence-electron chi connectivity index (χ4n) is 1.05. The molecule has 0 aliphatic rings. The molecule has 0 spiro atoms. The molecule has 0 saturated heterocycles. The Morgan fingerprint density at radius 3 is 2.85 bits per heavy atom. The van der Waals surface area contributed by atoms with Crippen molar-refractivity contribution in [2.24, 2.45) is 5.84 Å². The summed E-state index contributed by atoms with van der Waals surface area (Å²) < 4.78 is 13.4. The van der Waals surface area contributed by atoms with E-state index in [2.05, 4.69) is 12.0 Å². The second-order valence-corrected chi connectivity index (χ2v) is 2.93. The number of hydrogen-bond acceptors (Lipinski definition) is 2. The van der Waals surface area contributed by atoms with Crippen molar-refractivity contribution in [2.45, 2.75) is 6.04 Å². The molecule has 70 valence electrons. The first kappa shape index (κ1) is 10.2. The normalized spacial score (nSPS) is 12.5. The lowest BCUT2D eigenvalue weighted by Gasteiger charge is -2.12. The van der Waals surface area contributed by atoms with E-state index in [1.165, 1.54) is 12.1 Å². The van der Waals surface area contributed by atoms with Crippen LogP contribution in [0.2, 0.25) is 5.02 Å². The molecule has 0 aliphatic carbocycles. The molecule has 1 unspecified atom stereocenters. The van der Waals surface area contributed by atoms with Crippen LogP contribution < -0.4 is 11.3 Å². The predicted molar refractivity (Wildman–Crippen MR) is 51.7 cm³/mol. The number of rotatable bonds is 3. The Morgan fingerprint density at radius 2 is 2.31 bits per heavy atom. The predicted octanol–water partition coefficient (Wildman–Crippen LogP) is 2.17. The lowest BCUT2D eigenvalue weighted by molar-refractivity contribution is 0.569. The number of nitrogens with one attached hydrogen (secondary N) is 1.